The van der Waals surface area contributed by atoms with Crippen molar-refractivity contribution < 1.29 is 18.9 Å². The number of aromatic nitrogens is 1. The molecule has 1 unspecified atom stereocenters. The third-order valence-electron chi connectivity index (χ3n) is 3.68. The minimum absolute atomic E-state index is 0.0358. The molecule has 0 spiro atoms. The predicted molar refractivity (Wildman–Crippen MR) is 65.8 cm³/mol. The smallest absolute Gasteiger partial charge is 0.324 e. The van der Waals surface area contributed by atoms with Crippen molar-refractivity contribution in [3.8, 4) is 0 Å². The summed E-state index contributed by atoms with van der Waals surface area (Å²) in [6.07, 6.45) is 1.98. The van der Waals surface area contributed by atoms with E-state index in [4.69, 9.17) is 4.52 Å². The van der Waals surface area contributed by atoms with Gasteiger partial charge in [0, 0.05) is 13.1 Å². The van der Waals surface area contributed by atoms with E-state index < -0.39 is 0 Å². The van der Waals surface area contributed by atoms with Crippen LogP contribution in [0.1, 0.15) is 22.5 Å². The number of carbonyl (C=O) groups is 3. The Morgan fingerprint density at radius 3 is 2.90 bits per heavy atom. The Bertz CT molecular complexity index is 566. The Kier molecular flexibility index (Phi) is 2.92. The van der Waals surface area contributed by atoms with Gasteiger partial charge in [-0.3, -0.25) is 14.5 Å². The third kappa shape index (κ3) is 1.93. The molecule has 1 N–H and O–H groups in total. The van der Waals surface area contributed by atoms with E-state index in [1.165, 1.54) is 11.1 Å². The molecular formula is C12H14N4O4. The van der Waals surface area contributed by atoms with E-state index in [9.17, 15) is 14.4 Å². The Labute approximate surface area is 114 Å². The highest BCUT2D eigenvalue weighted by Gasteiger charge is 2.40. The molecule has 2 fully saturated rings. The number of hydrogen-bond acceptors (Lipinski definition) is 5. The number of nitrogens with one attached hydrogen (secondary N) is 1. The molecule has 20 heavy (non-hydrogen) atoms. The van der Waals surface area contributed by atoms with E-state index in [1.54, 1.807) is 11.8 Å². The second kappa shape index (κ2) is 4.62. The number of amides is 4. The summed E-state index contributed by atoms with van der Waals surface area (Å²) in [6, 6.07) is -0.635. The van der Waals surface area contributed by atoms with Crippen molar-refractivity contribution in [2.45, 2.75) is 19.4 Å². The fourth-order valence-corrected chi connectivity index (χ4v) is 2.62. The van der Waals surface area contributed by atoms with Crippen molar-refractivity contribution in [1.82, 2.24) is 20.3 Å². The lowest BCUT2D eigenvalue weighted by molar-refractivity contribution is -0.126. The number of hydrogen-bond donors (Lipinski definition) is 1. The molecule has 8 nitrogen and oxygen atoms in total. The summed E-state index contributed by atoms with van der Waals surface area (Å²) >= 11 is 0. The van der Waals surface area contributed by atoms with Crippen molar-refractivity contribution in [1.29, 1.82) is 0 Å². The minimum atomic E-state index is -0.379. The predicted octanol–water partition coefficient (Wildman–Crippen LogP) is -0.251. The zero-order chi connectivity index (χ0) is 14.3. The highest BCUT2D eigenvalue weighted by molar-refractivity contribution is 6.02. The molecule has 2 aliphatic heterocycles. The van der Waals surface area contributed by atoms with Crippen LogP contribution in [-0.2, 0) is 4.79 Å². The van der Waals surface area contributed by atoms with Gasteiger partial charge in [0.05, 0.1) is 18.8 Å². The molecule has 4 amide bonds. The lowest BCUT2D eigenvalue weighted by Gasteiger charge is -2.21. The molecule has 0 bridgehead atoms. The molecule has 2 saturated heterocycles. The van der Waals surface area contributed by atoms with Gasteiger partial charge in [-0.25, -0.2) is 4.79 Å². The molecule has 8 heteroatoms. The standard InChI is InChI=1S/C12H14N4O4/c1-7-9(4-14-20-7)11(18)15-3-2-8(6-15)16-10(17)5-13-12(16)19/h4,8H,2-3,5-6H2,1H3,(H,13,19). The first kappa shape index (κ1) is 12.6. The van der Waals surface area contributed by atoms with Crippen LogP contribution in [0, 0.1) is 6.92 Å². The van der Waals surface area contributed by atoms with Crippen molar-refractivity contribution in [3.63, 3.8) is 0 Å². The van der Waals surface area contributed by atoms with Gasteiger partial charge in [0.1, 0.15) is 11.3 Å². The molecule has 106 valence electrons. The average molecular weight is 278 g/mol. The Morgan fingerprint density at radius 1 is 1.50 bits per heavy atom. The highest BCUT2D eigenvalue weighted by Crippen LogP contribution is 2.21. The van der Waals surface area contributed by atoms with Crippen molar-refractivity contribution in [2.75, 3.05) is 19.6 Å². The Balaban J connectivity index is 1.71. The molecule has 1 aromatic heterocycles. The number of nitrogens with zero attached hydrogens (tertiary/aromatic N) is 3. The number of urea groups is 1. The summed E-state index contributed by atoms with van der Waals surface area (Å²) in [5, 5.41) is 6.07. The van der Waals surface area contributed by atoms with Crippen LogP contribution in [0.2, 0.25) is 0 Å². The van der Waals surface area contributed by atoms with Crippen LogP contribution in [0.25, 0.3) is 0 Å². The molecule has 3 rings (SSSR count). The Morgan fingerprint density at radius 2 is 2.30 bits per heavy atom. The maximum Gasteiger partial charge on any atom is 0.324 e. The number of imide groups is 1. The lowest BCUT2D eigenvalue weighted by atomic mass is 10.2. The van der Waals surface area contributed by atoms with Crippen LogP contribution in [-0.4, -0.2) is 58.5 Å². The van der Waals surface area contributed by atoms with Gasteiger partial charge in [-0.05, 0) is 13.3 Å². The second-order valence-electron chi connectivity index (χ2n) is 4.91. The van der Waals surface area contributed by atoms with Gasteiger partial charge >= 0.3 is 6.03 Å². The summed E-state index contributed by atoms with van der Waals surface area (Å²) < 4.78 is 4.88. The van der Waals surface area contributed by atoms with Crippen LogP contribution in [0.5, 0.6) is 0 Å². The van der Waals surface area contributed by atoms with Gasteiger partial charge in [-0.2, -0.15) is 0 Å². The van der Waals surface area contributed by atoms with Gasteiger partial charge in [0.25, 0.3) is 5.91 Å². The maximum absolute atomic E-state index is 12.3. The number of aryl methyl sites for hydroxylation is 1. The van der Waals surface area contributed by atoms with Crippen LogP contribution >= 0.6 is 0 Å². The first-order valence-corrected chi connectivity index (χ1v) is 6.38. The zero-order valence-electron chi connectivity index (χ0n) is 11.0. The van der Waals surface area contributed by atoms with E-state index >= 15 is 0 Å². The Hall–Kier alpha value is -2.38. The molecule has 1 aromatic rings. The normalized spacial score (nSPS) is 22.6. The summed E-state index contributed by atoms with van der Waals surface area (Å²) in [7, 11) is 0. The van der Waals surface area contributed by atoms with Gasteiger partial charge in [0.2, 0.25) is 5.91 Å². The van der Waals surface area contributed by atoms with Crippen molar-refractivity contribution >= 4 is 17.8 Å². The number of rotatable bonds is 2. The van der Waals surface area contributed by atoms with E-state index in [0.717, 1.165) is 0 Å². The average Bonchev–Trinajstić information content (AvgIpc) is 3.10. The molecule has 3 heterocycles. The topological polar surface area (TPSA) is 95.8 Å². The van der Waals surface area contributed by atoms with Crippen LogP contribution in [0.4, 0.5) is 4.79 Å². The van der Waals surface area contributed by atoms with Crippen molar-refractivity contribution in [2.24, 2.45) is 0 Å². The largest absolute Gasteiger partial charge is 0.361 e. The van der Waals surface area contributed by atoms with E-state index in [-0.39, 0.29) is 30.4 Å². The summed E-state index contributed by atoms with van der Waals surface area (Å²) in [5.74, 6) is 0.0437. The van der Waals surface area contributed by atoms with E-state index in [0.29, 0.717) is 30.8 Å². The molecule has 0 aliphatic carbocycles. The number of likely N-dealkylation sites (tertiary alicyclic amines) is 1. The lowest BCUT2D eigenvalue weighted by Crippen LogP contribution is -2.42. The fourth-order valence-electron chi connectivity index (χ4n) is 2.62. The van der Waals surface area contributed by atoms with Crippen LogP contribution < -0.4 is 5.32 Å². The van der Waals surface area contributed by atoms with Gasteiger partial charge in [-0.15, -0.1) is 0 Å². The first-order chi connectivity index (χ1) is 9.58. The molecule has 1 atom stereocenters. The second-order valence-corrected chi connectivity index (χ2v) is 4.91. The monoisotopic (exact) mass is 278 g/mol. The van der Waals surface area contributed by atoms with E-state index in [2.05, 4.69) is 10.5 Å². The zero-order valence-corrected chi connectivity index (χ0v) is 11.0. The SMILES string of the molecule is Cc1oncc1C(=O)N1CCC(N2C(=O)CNC2=O)C1. The molecule has 2 aliphatic rings. The van der Waals surface area contributed by atoms with Gasteiger partial charge in [-0.1, -0.05) is 5.16 Å². The van der Waals surface area contributed by atoms with Crippen LogP contribution in [0.3, 0.4) is 0 Å². The molecule has 0 saturated carbocycles. The molecule has 0 aromatic carbocycles. The first-order valence-electron chi connectivity index (χ1n) is 6.38. The summed E-state index contributed by atoms with van der Waals surface area (Å²) in [6.45, 7) is 2.56. The maximum atomic E-state index is 12.3. The van der Waals surface area contributed by atoms with Gasteiger partial charge in [0.15, 0.2) is 0 Å². The molecule has 0 radical (unpaired) electrons. The summed E-state index contributed by atoms with van der Waals surface area (Å²) in [4.78, 5) is 38.3. The quantitative estimate of drug-likeness (QED) is 0.752. The fraction of sp³-hybridized carbons (Fsp3) is 0.500. The highest BCUT2D eigenvalue weighted by atomic mass is 16.5. The summed E-state index contributed by atoms with van der Waals surface area (Å²) in [5.41, 5.74) is 0.419. The van der Waals surface area contributed by atoms with E-state index in [1.807, 2.05) is 0 Å². The third-order valence-corrected chi connectivity index (χ3v) is 3.68. The minimum Gasteiger partial charge on any atom is -0.361 e. The molecular weight excluding hydrogens is 264 g/mol. The van der Waals surface area contributed by atoms with Crippen LogP contribution in [0.15, 0.2) is 10.7 Å². The van der Waals surface area contributed by atoms with Gasteiger partial charge < -0.3 is 14.7 Å². The van der Waals surface area contributed by atoms with Crippen molar-refractivity contribution in [3.05, 3.63) is 17.5 Å². The number of carbonyl (C=O) groups excluding carboxylic acids is 3.